The molecule has 0 amide bonds. The zero-order chi connectivity index (χ0) is 14.9. The Kier molecular flexibility index (Phi) is 17.3. The van der Waals surface area contributed by atoms with Crippen molar-refractivity contribution in [3.05, 3.63) is 58.7 Å². The van der Waals surface area contributed by atoms with Crippen LogP contribution in [0.5, 0.6) is 0 Å². The van der Waals surface area contributed by atoms with E-state index in [1.54, 1.807) is 22.3 Å². The van der Waals surface area contributed by atoms with Crippen LogP contribution in [0, 0.1) is 0 Å². The predicted octanol–water partition coefficient (Wildman–Crippen LogP) is -0.907. The molecular formula is C20H29Cl2HfSi. The van der Waals surface area contributed by atoms with E-state index in [9.17, 15) is 0 Å². The maximum atomic E-state index is 2.26. The zero-order valence-corrected chi connectivity index (χ0v) is 21.2. The Morgan fingerprint density at radius 1 is 0.708 bits per heavy atom. The summed E-state index contributed by atoms with van der Waals surface area (Å²) >= 11 is 0. The summed E-state index contributed by atoms with van der Waals surface area (Å²) in [5.74, 6) is 0. The van der Waals surface area contributed by atoms with E-state index in [0.717, 1.165) is 9.52 Å². The first-order chi connectivity index (χ1) is 10.3. The number of fused-ring (bicyclic) bond motifs is 2. The van der Waals surface area contributed by atoms with Gasteiger partial charge in [-0.1, -0.05) is 64.5 Å². The molecular weight excluding hydrogens is 518 g/mol. The Balaban J connectivity index is 0. The first kappa shape index (κ1) is 26.6. The van der Waals surface area contributed by atoms with Gasteiger partial charge in [0, 0.05) is 9.52 Å². The number of halogens is 2. The Labute approximate surface area is 182 Å². The second-order valence-electron chi connectivity index (χ2n) is 6.14. The van der Waals surface area contributed by atoms with Crippen molar-refractivity contribution in [3.63, 3.8) is 0 Å². The van der Waals surface area contributed by atoms with E-state index < -0.39 is 0 Å². The molecule has 0 spiro atoms. The van der Waals surface area contributed by atoms with E-state index in [2.05, 4.69) is 49.5 Å². The molecule has 0 unspecified atom stereocenters. The van der Waals surface area contributed by atoms with E-state index in [4.69, 9.17) is 0 Å². The van der Waals surface area contributed by atoms with Crippen molar-refractivity contribution in [1.29, 1.82) is 0 Å². The van der Waals surface area contributed by atoms with Crippen molar-refractivity contribution >= 4 is 9.52 Å². The minimum absolute atomic E-state index is 0. The van der Waals surface area contributed by atoms with Crippen LogP contribution in [-0.4, -0.2) is 9.52 Å². The smallest absolute Gasteiger partial charge is 1.00 e. The van der Waals surface area contributed by atoms with Gasteiger partial charge in [0.25, 0.3) is 0 Å². The van der Waals surface area contributed by atoms with E-state index in [1.165, 1.54) is 51.4 Å². The molecule has 0 N–H and O–H groups in total. The van der Waals surface area contributed by atoms with Gasteiger partial charge in [0.05, 0.1) is 0 Å². The van der Waals surface area contributed by atoms with Crippen molar-refractivity contribution in [2.24, 2.45) is 0 Å². The topological polar surface area (TPSA) is 0 Å². The van der Waals surface area contributed by atoms with Gasteiger partial charge in [0.2, 0.25) is 0 Å². The van der Waals surface area contributed by atoms with Crippen LogP contribution in [0.2, 0.25) is 13.1 Å². The molecule has 0 saturated carbocycles. The number of hydrogen-bond donors (Lipinski definition) is 0. The minimum Gasteiger partial charge on any atom is -1.00 e. The van der Waals surface area contributed by atoms with E-state index in [1.807, 2.05) is 0 Å². The molecule has 0 heterocycles. The number of aryl methyl sites for hydroxylation is 4. The Morgan fingerprint density at radius 2 is 1.04 bits per heavy atom. The first-order valence-corrected chi connectivity index (χ1v) is 10.9. The number of hydrogen-bond acceptors (Lipinski definition) is 0. The van der Waals surface area contributed by atoms with Gasteiger partial charge in [0.15, 0.2) is 0 Å². The Morgan fingerprint density at radius 3 is 1.38 bits per heavy atom. The van der Waals surface area contributed by atoms with Gasteiger partial charge in [-0.3, -0.25) is 0 Å². The fourth-order valence-electron chi connectivity index (χ4n) is 3.23. The molecule has 0 aromatic heterocycles. The van der Waals surface area contributed by atoms with Crippen LogP contribution in [-0.2, 0) is 51.5 Å². The van der Waals surface area contributed by atoms with Gasteiger partial charge < -0.3 is 24.8 Å². The molecule has 0 aliphatic heterocycles. The van der Waals surface area contributed by atoms with Crippen LogP contribution >= 0.6 is 0 Å². The molecule has 4 heteroatoms. The van der Waals surface area contributed by atoms with Gasteiger partial charge in [-0.05, 0) is 0 Å². The number of rotatable bonds is 0. The van der Waals surface area contributed by atoms with Crippen LogP contribution in [0.3, 0.4) is 0 Å². The molecule has 0 bridgehead atoms. The third-order valence-electron chi connectivity index (χ3n) is 4.30. The van der Waals surface area contributed by atoms with Crippen LogP contribution in [0.25, 0.3) is 0 Å². The summed E-state index contributed by atoms with van der Waals surface area (Å²) in [6, 6.07) is 13.4. The van der Waals surface area contributed by atoms with E-state index in [0.29, 0.717) is 0 Å². The molecule has 2 aromatic carbocycles. The maximum Gasteiger partial charge on any atom is 4.00 e. The molecule has 2 aromatic rings. The van der Waals surface area contributed by atoms with Crippen molar-refractivity contribution < 1.29 is 50.7 Å². The van der Waals surface area contributed by atoms with Crippen molar-refractivity contribution in [2.45, 2.75) is 64.5 Å². The molecule has 24 heavy (non-hydrogen) atoms. The van der Waals surface area contributed by atoms with Crippen molar-refractivity contribution in [2.75, 3.05) is 0 Å². The second-order valence-corrected chi connectivity index (χ2v) is 7.30. The average molecular weight is 547 g/mol. The molecule has 0 fully saturated rings. The normalized spacial score (nSPS) is 13.8. The van der Waals surface area contributed by atoms with Crippen LogP contribution in [0.15, 0.2) is 36.4 Å². The van der Waals surface area contributed by atoms with E-state index in [-0.39, 0.29) is 50.7 Å². The molecule has 131 valence electrons. The van der Waals surface area contributed by atoms with Gasteiger partial charge >= 0.3 is 25.8 Å². The predicted molar refractivity (Wildman–Crippen MR) is 96.2 cm³/mol. The molecule has 1 radical (unpaired) electrons. The zero-order valence-electron chi connectivity index (χ0n) is 15.0. The fraction of sp³-hybridized carbons (Fsp3) is 0.500. The summed E-state index contributed by atoms with van der Waals surface area (Å²) in [5.41, 5.74) is 6.39. The SMILES string of the molecule is C[SiH]C.[Cl-].[Cl-].[Hf+4].c1cc2c([cH-]1)CCCC2.c1cc2c([cH-]1)CCCC2. The van der Waals surface area contributed by atoms with Gasteiger partial charge in [-0.15, -0.1) is 0 Å². The summed E-state index contributed by atoms with van der Waals surface area (Å²) in [4.78, 5) is 0. The van der Waals surface area contributed by atoms with Gasteiger partial charge in [-0.2, -0.15) is 46.5 Å². The largest absolute Gasteiger partial charge is 4.00 e. The third kappa shape index (κ3) is 8.65. The standard InChI is InChI=1S/2C9H11.C2H7Si.2ClH.Hf/c2*1-2-5-9-7-3-6-8(9)4-1;1-3-2;;;/h2*3,6-7H,1-2,4-5H2;3H,1-2H3;2*1H;/q2*-1;;;;+4/p-2. The minimum atomic E-state index is 0. The third-order valence-corrected chi connectivity index (χ3v) is 4.30. The van der Waals surface area contributed by atoms with Crippen LogP contribution < -0.4 is 24.8 Å². The molecule has 2 aliphatic carbocycles. The summed E-state index contributed by atoms with van der Waals surface area (Å²) in [5, 5.41) is 0. The Hall–Kier alpha value is 0.367. The molecule has 0 atom stereocenters. The van der Waals surface area contributed by atoms with Gasteiger partial charge in [-0.25, -0.2) is 12.1 Å². The van der Waals surface area contributed by atoms with Gasteiger partial charge in [0.1, 0.15) is 0 Å². The molecule has 0 saturated heterocycles. The molecule has 0 nitrogen and oxygen atoms in total. The van der Waals surface area contributed by atoms with Crippen LogP contribution in [0.1, 0.15) is 47.9 Å². The molecule has 4 rings (SSSR count). The van der Waals surface area contributed by atoms with Crippen molar-refractivity contribution in [3.8, 4) is 0 Å². The first-order valence-electron chi connectivity index (χ1n) is 8.56. The monoisotopic (exact) mass is 547 g/mol. The summed E-state index contributed by atoms with van der Waals surface area (Å²) in [7, 11) is 0.750. The fourth-order valence-corrected chi connectivity index (χ4v) is 3.23. The quantitative estimate of drug-likeness (QED) is 0.297. The second kappa shape index (κ2) is 15.6. The summed E-state index contributed by atoms with van der Waals surface area (Å²) in [6.45, 7) is 4.42. The van der Waals surface area contributed by atoms with Crippen molar-refractivity contribution in [1.82, 2.24) is 0 Å². The summed E-state index contributed by atoms with van der Waals surface area (Å²) < 4.78 is 0. The Bertz CT molecular complexity index is 432. The molecule has 2 aliphatic rings. The van der Waals surface area contributed by atoms with Crippen LogP contribution in [0.4, 0.5) is 0 Å². The van der Waals surface area contributed by atoms with E-state index >= 15 is 0 Å². The average Bonchev–Trinajstić information content (AvgIpc) is 3.17. The summed E-state index contributed by atoms with van der Waals surface area (Å²) in [6.07, 6.45) is 10.9. The maximum absolute atomic E-state index is 2.26.